The number of piperidine rings is 1. The fourth-order valence-electron chi connectivity index (χ4n) is 5.02. The Labute approximate surface area is 172 Å². The molecular weight excluding hydrogens is 360 g/mol. The average Bonchev–Trinajstić information content (AvgIpc) is 3.25. The number of aromatic nitrogens is 1. The molecule has 2 heterocycles. The molecule has 0 bridgehead atoms. The minimum absolute atomic E-state index is 0.0857. The number of hydrogen-bond donors (Lipinski definition) is 1. The van der Waals surface area contributed by atoms with Crippen LogP contribution in [-0.4, -0.2) is 22.8 Å². The second-order valence-corrected chi connectivity index (χ2v) is 9.74. The molecule has 1 aromatic heterocycles. The topological polar surface area (TPSA) is 45.5 Å². The van der Waals surface area contributed by atoms with Gasteiger partial charge in [0.05, 0.1) is 5.60 Å². The van der Waals surface area contributed by atoms with E-state index in [-0.39, 0.29) is 5.56 Å². The van der Waals surface area contributed by atoms with Crippen molar-refractivity contribution in [1.82, 2.24) is 4.57 Å². The molecule has 1 N–H and O–H groups in total. The maximum atomic E-state index is 12.6. The Morgan fingerprint density at radius 1 is 1.07 bits per heavy atom. The maximum absolute atomic E-state index is 12.6. The second-order valence-electron chi connectivity index (χ2n) is 9.74. The van der Waals surface area contributed by atoms with Crippen molar-refractivity contribution >= 4 is 11.8 Å². The van der Waals surface area contributed by atoms with Crippen molar-refractivity contribution in [1.29, 1.82) is 0 Å². The lowest BCUT2D eigenvalue weighted by Gasteiger charge is -2.36. The molecule has 0 unspecified atom stereocenters. The molecule has 29 heavy (non-hydrogen) atoms. The van der Waals surface area contributed by atoms with Crippen LogP contribution in [0.25, 0.3) is 17.2 Å². The predicted molar refractivity (Wildman–Crippen MR) is 118 cm³/mol. The van der Waals surface area contributed by atoms with E-state index in [1.807, 2.05) is 27.1 Å². The molecule has 1 saturated carbocycles. The van der Waals surface area contributed by atoms with Crippen LogP contribution >= 0.6 is 0 Å². The van der Waals surface area contributed by atoms with E-state index < -0.39 is 5.60 Å². The summed E-state index contributed by atoms with van der Waals surface area (Å²) in [6.45, 7) is 5.82. The van der Waals surface area contributed by atoms with Crippen molar-refractivity contribution < 1.29 is 5.11 Å². The first-order valence-corrected chi connectivity index (χ1v) is 10.8. The molecule has 3 aliphatic rings. The summed E-state index contributed by atoms with van der Waals surface area (Å²) in [6, 6.07) is 6.35. The summed E-state index contributed by atoms with van der Waals surface area (Å²) in [7, 11) is 1.84. The molecule has 2 aromatic rings. The van der Waals surface area contributed by atoms with E-state index >= 15 is 0 Å². The quantitative estimate of drug-likeness (QED) is 0.853. The minimum Gasteiger partial charge on any atom is -0.386 e. The molecule has 1 aliphatic heterocycles. The fourth-order valence-corrected chi connectivity index (χ4v) is 5.02. The van der Waals surface area contributed by atoms with Crippen LogP contribution in [0.15, 0.2) is 35.3 Å². The van der Waals surface area contributed by atoms with Gasteiger partial charge in [-0.1, -0.05) is 18.2 Å². The van der Waals surface area contributed by atoms with Crippen LogP contribution in [-0.2, 0) is 19.1 Å². The summed E-state index contributed by atoms with van der Waals surface area (Å²) < 4.78 is 1.71. The van der Waals surface area contributed by atoms with Gasteiger partial charge in [0.1, 0.15) is 0 Å². The third-order valence-corrected chi connectivity index (χ3v) is 7.24. The monoisotopic (exact) mass is 390 g/mol. The summed E-state index contributed by atoms with van der Waals surface area (Å²) in [5.41, 5.74) is 6.04. The Bertz CT molecular complexity index is 1060. The molecule has 5 rings (SSSR count). The van der Waals surface area contributed by atoms with Crippen molar-refractivity contribution in [3.63, 3.8) is 0 Å². The largest absolute Gasteiger partial charge is 0.386 e. The Morgan fingerprint density at radius 3 is 2.45 bits per heavy atom. The zero-order valence-electron chi connectivity index (χ0n) is 17.7. The summed E-state index contributed by atoms with van der Waals surface area (Å²) in [6.07, 6.45) is 12.2. The highest BCUT2D eigenvalue weighted by Crippen LogP contribution is 2.54. The van der Waals surface area contributed by atoms with Gasteiger partial charge >= 0.3 is 0 Å². The number of hydrogen-bond acceptors (Lipinski definition) is 3. The SMILES string of the molecule is Cn1cc(-c2cc(C(C)(C)O)ccc2N2CCC3(CC2)CC3)c2c(c1=O)CC=C2. The first-order chi connectivity index (χ1) is 13.8. The second kappa shape index (κ2) is 6.33. The molecule has 1 spiro atoms. The number of benzene rings is 1. The van der Waals surface area contributed by atoms with E-state index in [1.165, 1.54) is 31.4 Å². The van der Waals surface area contributed by atoms with Gasteiger partial charge in [-0.25, -0.2) is 0 Å². The molecule has 2 fully saturated rings. The van der Waals surface area contributed by atoms with Crippen molar-refractivity contribution in [2.75, 3.05) is 18.0 Å². The summed E-state index contributed by atoms with van der Waals surface area (Å²) in [5.74, 6) is 0. The molecule has 152 valence electrons. The van der Waals surface area contributed by atoms with Crippen molar-refractivity contribution in [3.8, 4) is 11.1 Å². The number of aryl methyl sites for hydroxylation is 1. The zero-order chi connectivity index (χ0) is 20.4. The van der Waals surface area contributed by atoms with Gasteiger partial charge in [-0.3, -0.25) is 4.79 Å². The van der Waals surface area contributed by atoms with Crippen molar-refractivity contribution in [3.05, 3.63) is 57.5 Å². The highest BCUT2D eigenvalue weighted by atomic mass is 16.3. The maximum Gasteiger partial charge on any atom is 0.254 e. The van der Waals surface area contributed by atoms with Crippen LogP contribution in [0.2, 0.25) is 0 Å². The molecule has 0 atom stereocenters. The summed E-state index contributed by atoms with van der Waals surface area (Å²) in [5, 5.41) is 10.6. The van der Waals surface area contributed by atoms with E-state index in [2.05, 4.69) is 35.3 Å². The molecular formula is C25H30N2O2. The van der Waals surface area contributed by atoms with Crippen LogP contribution in [0.3, 0.4) is 0 Å². The van der Waals surface area contributed by atoms with Crippen LogP contribution in [0, 0.1) is 5.41 Å². The summed E-state index contributed by atoms with van der Waals surface area (Å²) in [4.78, 5) is 15.1. The molecule has 0 radical (unpaired) electrons. The zero-order valence-corrected chi connectivity index (χ0v) is 17.7. The Kier molecular flexibility index (Phi) is 4.08. The van der Waals surface area contributed by atoms with Crippen LogP contribution in [0.1, 0.15) is 56.2 Å². The van der Waals surface area contributed by atoms with Gasteiger partial charge in [-0.05, 0) is 74.6 Å². The van der Waals surface area contributed by atoms with Gasteiger partial charge in [0.25, 0.3) is 5.56 Å². The van der Waals surface area contributed by atoms with E-state index in [1.54, 1.807) is 4.57 Å². The lowest BCUT2D eigenvalue weighted by atomic mass is 9.89. The molecule has 0 amide bonds. The van der Waals surface area contributed by atoms with Gasteiger partial charge in [0.15, 0.2) is 0 Å². The van der Waals surface area contributed by atoms with E-state index in [0.29, 0.717) is 11.8 Å². The number of pyridine rings is 1. The standard InChI is InChI=1S/C25H30N2O2/c1-24(2,29)17-7-8-22(27-13-11-25(9-10-25)12-14-27)20(15-17)21-16-26(3)23(28)19-6-4-5-18(19)21/h4-5,7-8,15-16,29H,6,9-14H2,1-3H3. The fraction of sp³-hybridized carbons (Fsp3) is 0.480. The first kappa shape index (κ1) is 18.7. The first-order valence-electron chi connectivity index (χ1n) is 10.8. The molecule has 4 nitrogen and oxygen atoms in total. The minimum atomic E-state index is -0.910. The summed E-state index contributed by atoms with van der Waals surface area (Å²) >= 11 is 0. The molecule has 2 aliphatic carbocycles. The molecule has 1 aromatic carbocycles. The smallest absolute Gasteiger partial charge is 0.254 e. The van der Waals surface area contributed by atoms with E-state index in [9.17, 15) is 9.90 Å². The van der Waals surface area contributed by atoms with Crippen molar-refractivity contribution in [2.24, 2.45) is 12.5 Å². The van der Waals surface area contributed by atoms with Crippen LogP contribution in [0.4, 0.5) is 5.69 Å². The van der Waals surface area contributed by atoms with Gasteiger partial charge < -0.3 is 14.6 Å². The van der Waals surface area contributed by atoms with Crippen LogP contribution < -0.4 is 10.5 Å². The number of aliphatic hydroxyl groups is 1. The van der Waals surface area contributed by atoms with Gasteiger partial charge in [0.2, 0.25) is 0 Å². The van der Waals surface area contributed by atoms with E-state index in [4.69, 9.17) is 0 Å². The highest BCUT2D eigenvalue weighted by Gasteiger charge is 2.44. The third kappa shape index (κ3) is 3.14. The van der Waals surface area contributed by atoms with Gasteiger partial charge in [-0.15, -0.1) is 0 Å². The van der Waals surface area contributed by atoms with Crippen molar-refractivity contribution in [2.45, 2.75) is 51.6 Å². The lowest BCUT2D eigenvalue weighted by Crippen LogP contribution is -2.35. The average molecular weight is 391 g/mol. The number of anilines is 1. The van der Waals surface area contributed by atoms with Gasteiger partial charge in [-0.2, -0.15) is 0 Å². The third-order valence-electron chi connectivity index (χ3n) is 7.24. The number of allylic oxidation sites excluding steroid dienone is 1. The van der Waals surface area contributed by atoms with Crippen LogP contribution in [0.5, 0.6) is 0 Å². The van der Waals surface area contributed by atoms with Gasteiger partial charge in [0, 0.05) is 48.7 Å². The highest BCUT2D eigenvalue weighted by molar-refractivity contribution is 5.86. The number of rotatable bonds is 3. The Balaban J connectivity index is 1.66. The lowest BCUT2D eigenvalue weighted by molar-refractivity contribution is 0.0786. The molecule has 1 saturated heterocycles. The number of nitrogens with zero attached hydrogens (tertiary/aromatic N) is 2. The Morgan fingerprint density at radius 2 is 1.79 bits per heavy atom. The Hall–Kier alpha value is -2.33. The predicted octanol–water partition coefficient (Wildman–Crippen LogP) is 4.23. The normalized spacial score (nSPS) is 19.7. The van der Waals surface area contributed by atoms with E-state index in [0.717, 1.165) is 40.9 Å². The number of fused-ring (bicyclic) bond motifs is 1. The molecule has 4 heteroatoms.